The number of para-hydroxylation sites is 1. The molecular formula is C15H12N6O2S. The summed E-state index contributed by atoms with van der Waals surface area (Å²) in [5.74, 6) is 0.410. The number of nitrogens with zero attached hydrogens (tertiary/aromatic N) is 5. The van der Waals surface area contributed by atoms with Gasteiger partial charge in [0.15, 0.2) is 5.84 Å². The summed E-state index contributed by atoms with van der Waals surface area (Å²) in [6.07, 6.45) is 0. The van der Waals surface area contributed by atoms with E-state index in [1.807, 2.05) is 24.3 Å². The van der Waals surface area contributed by atoms with E-state index < -0.39 is 4.92 Å². The Morgan fingerprint density at radius 3 is 2.67 bits per heavy atom. The van der Waals surface area contributed by atoms with Gasteiger partial charge in [-0.25, -0.2) is 4.98 Å². The van der Waals surface area contributed by atoms with Crippen molar-refractivity contribution in [1.82, 2.24) is 4.98 Å². The number of nitrogens with one attached hydrogen (secondary N) is 1. The van der Waals surface area contributed by atoms with Crippen LogP contribution in [0.2, 0.25) is 0 Å². The van der Waals surface area contributed by atoms with Crippen LogP contribution in [-0.2, 0) is 0 Å². The number of amidine groups is 1. The van der Waals surface area contributed by atoms with E-state index >= 15 is 0 Å². The van der Waals surface area contributed by atoms with Crippen molar-refractivity contribution in [1.29, 1.82) is 0 Å². The number of nitro groups is 1. The van der Waals surface area contributed by atoms with Crippen LogP contribution in [0.15, 0.2) is 63.9 Å². The van der Waals surface area contributed by atoms with Gasteiger partial charge in [-0.1, -0.05) is 23.5 Å². The standard InChI is InChI=1S/C15H12N6O2S/c1-10(17-19-11-6-8-12(9-7-11)21(22)23)18-20-15-16-13-4-2-3-5-14(13)24-15/h2-9,19H,1H3. The summed E-state index contributed by atoms with van der Waals surface area (Å²) in [5, 5.41) is 23.3. The third kappa shape index (κ3) is 3.76. The second kappa shape index (κ2) is 6.92. The summed E-state index contributed by atoms with van der Waals surface area (Å²) in [7, 11) is 0. The summed E-state index contributed by atoms with van der Waals surface area (Å²) in [6, 6.07) is 13.7. The molecule has 0 atom stereocenters. The number of hydrazone groups is 1. The quantitative estimate of drug-likeness (QED) is 0.243. The van der Waals surface area contributed by atoms with Gasteiger partial charge in [0.05, 0.1) is 20.8 Å². The van der Waals surface area contributed by atoms with Gasteiger partial charge in [0.25, 0.3) is 5.69 Å². The zero-order valence-corrected chi connectivity index (χ0v) is 13.4. The van der Waals surface area contributed by atoms with Crippen LogP contribution < -0.4 is 5.43 Å². The molecule has 1 N–H and O–H groups in total. The maximum Gasteiger partial charge on any atom is 0.269 e. The SMILES string of the molecule is CC(N=Nc1nc2ccccc2s1)=NNc1ccc([N+](=O)[O-])cc1. The molecule has 0 aliphatic heterocycles. The number of hydrogen-bond acceptors (Lipinski definition) is 7. The molecule has 0 saturated heterocycles. The highest BCUT2D eigenvalue weighted by Crippen LogP contribution is 2.27. The molecule has 0 radical (unpaired) electrons. The van der Waals surface area contributed by atoms with Gasteiger partial charge in [0, 0.05) is 12.1 Å². The maximum absolute atomic E-state index is 10.6. The van der Waals surface area contributed by atoms with Crippen LogP contribution in [0.3, 0.4) is 0 Å². The van der Waals surface area contributed by atoms with Crippen molar-refractivity contribution in [2.75, 3.05) is 5.43 Å². The molecule has 0 spiro atoms. The highest BCUT2D eigenvalue weighted by atomic mass is 32.1. The van der Waals surface area contributed by atoms with Crippen LogP contribution in [0.5, 0.6) is 0 Å². The topological polar surface area (TPSA) is 105 Å². The van der Waals surface area contributed by atoms with Crippen molar-refractivity contribution in [2.45, 2.75) is 6.92 Å². The Balaban J connectivity index is 1.66. The summed E-state index contributed by atoms with van der Waals surface area (Å²) in [6.45, 7) is 1.69. The summed E-state index contributed by atoms with van der Waals surface area (Å²) in [5.41, 5.74) is 4.30. The predicted molar refractivity (Wildman–Crippen MR) is 94.0 cm³/mol. The first-order valence-electron chi connectivity index (χ1n) is 6.94. The van der Waals surface area contributed by atoms with Crippen LogP contribution in [0, 0.1) is 10.1 Å². The van der Waals surface area contributed by atoms with Gasteiger partial charge in [-0.05, 0) is 31.2 Å². The molecule has 8 nitrogen and oxygen atoms in total. The van der Waals surface area contributed by atoms with Gasteiger partial charge in [0.2, 0.25) is 5.13 Å². The number of non-ortho nitro benzene ring substituents is 1. The third-order valence-electron chi connectivity index (χ3n) is 2.99. The average molecular weight is 340 g/mol. The second-order valence-corrected chi connectivity index (χ2v) is 5.75. The summed E-state index contributed by atoms with van der Waals surface area (Å²) < 4.78 is 1.05. The molecule has 3 rings (SSSR count). The summed E-state index contributed by atoms with van der Waals surface area (Å²) in [4.78, 5) is 14.5. The van der Waals surface area contributed by atoms with E-state index in [1.165, 1.54) is 23.5 Å². The average Bonchev–Trinajstić information content (AvgIpc) is 3.01. The first-order chi connectivity index (χ1) is 11.6. The minimum Gasteiger partial charge on any atom is -0.277 e. The lowest BCUT2D eigenvalue weighted by atomic mass is 10.3. The number of aromatic nitrogens is 1. The lowest BCUT2D eigenvalue weighted by Gasteiger charge is -1.99. The van der Waals surface area contributed by atoms with Gasteiger partial charge in [-0.15, -0.1) is 10.2 Å². The molecule has 1 aromatic heterocycles. The fourth-order valence-electron chi connectivity index (χ4n) is 1.84. The van der Waals surface area contributed by atoms with Gasteiger partial charge < -0.3 is 0 Å². The molecule has 0 aliphatic carbocycles. The molecule has 3 aromatic rings. The minimum absolute atomic E-state index is 0.0248. The van der Waals surface area contributed by atoms with E-state index in [9.17, 15) is 10.1 Å². The Morgan fingerprint density at radius 2 is 1.96 bits per heavy atom. The Hall–Kier alpha value is -3.20. The fraction of sp³-hybridized carbons (Fsp3) is 0.0667. The van der Waals surface area contributed by atoms with E-state index in [-0.39, 0.29) is 5.69 Å². The Labute approximate surface area is 140 Å². The Bertz CT molecular complexity index is 900. The molecule has 9 heteroatoms. The molecule has 0 unspecified atom stereocenters. The molecule has 0 aliphatic rings. The molecule has 1 heterocycles. The van der Waals surface area contributed by atoms with Gasteiger partial charge in [0.1, 0.15) is 0 Å². The molecule has 2 aromatic carbocycles. The van der Waals surface area contributed by atoms with Crippen molar-refractivity contribution in [2.24, 2.45) is 15.3 Å². The van der Waals surface area contributed by atoms with Crippen LogP contribution in [0.4, 0.5) is 16.5 Å². The minimum atomic E-state index is -0.454. The van der Waals surface area contributed by atoms with E-state index in [4.69, 9.17) is 0 Å². The van der Waals surface area contributed by atoms with E-state index in [0.29, 0.717) is 16.7 Å². The van der Waals surface area contributed by atoms with E-state index in [1.54, 1.807) is 19.1 Å². The van der Waals surface area contributed by atoms with Crippen molar-refractivity contribution in [3.8, 4) is 0 Å². The fourth-order valence-corrected chi connectivity index (χ4v) is 2.63. The van der Waals surface area contributed by atoms with E-state index in [2.05, 4.69) is 25.7 Å². The van der Waals surface area contributed by atoms with E-state index in [0.717, 1.165) is 10.2 Å². The first-order valence-corrected chi connectivity index (χ1v) is 7.75. The van der Waals surface area contributed by atoms with Crippen LogP contribution in [-0.4, -0.2) is 15.7 Å². The highest BCUT2D eigenvalue weighted by molar-refractivity contribution is 7.21. The van der Waals surface area contributed by atoms with Crippen LogP contribution >= 0.6 is 11.3 Å². The zero-order chi connectivity index (χ0) is 16.9. The molecule has 120 valence electrons. The number of fused-ring (bicyclic) bond motifs is 1. The summed E-state index contributed by atoms with van der Waals surface area (Å²) >= 11 is 1.45. The molecule has 0 saturated carbocycles. The molecule has 0 bridgehead atoms. The van der Waals surface area contributed by atoms with Crippen molar-refractivity contribution >= 4 is 43.9 Å². The Kier molecular flexibility index (Phi) is 4.52. The van der Waals surface area contributed by atoms with Crippen molar-refractivity contribution in [3.63, 3.8) is 0 Å². The van der Waals surface area contributed by atoms with Crippen molar-refractivity contribution < 1.29 is 4.92 Å². The predicted octanol–water partition coefficient (Wildman–Crippen LogP) is 4.73. The molecule has 0 amide bonds. The Morgan fingerprint density at radius 1 is 1.21 bits per heavy atom. The largest absolute Gasteiger partial charge is 0.277 e. The first kappa shape index (κ1) is 15.7. The zero-order valence-electron chi connectivity index (χ0n) is 12.6. The number of thiazole rings is 1. The number of hydrogen-bond donors (Lipinski definition) is 1. The molecular weight excluding hydrogens is 328 g/mol. The third-order valence-corrected chi connectivity index (χ3v) is 3.91. The molecule has 0 fully saturated rings. The van der Waals surface area contributed by atoms with Crippen LogP contribution in [0.25, 0.3) is 10.2 Å². The smallest absolute Gasteiger partial charge is 0.269 e. The number of azo groups is 1. The normalized spacial score (nSPS) is 12.0. The number of nitro benzene ring substituents is 1. The lowest BCUT2D eigenvalue weighted by Crippen LogP contribution is -1.94. The second-order valence-electron chi connectivity index (χ2n) is 4.74. The number of anilines is 1. The van der Waals surface area contributed by atoms with Gasteiger partial charge >= 0.3 is 0 Å². The van der Waals surface area contributed by atoms with Gasteiger partial charge in [-0.3, -0.25) is 15.5 Å². The van der Waals surface area contributed by atoms with Gasteiger partial charge in [-0.2, -0.15) is 5.10 Å². The maximum atomic E-state index is 10.6. The molecule has 24 heavy (non-hydrogen) atoms. The number of benzene rings is 2. The van der Waals surface area contributed by atoms with Crippen LogP contribution in [0.1, 0.15) is 6.92 Å². The van der Waals surface area contributed by atoms with Crippen molar-refractivity contribution in [3.05, 3.63) is 58.6 Å². The number of rotatable bonds is 4. The lowest BCUT2D eigenvalue weighted by molar-refractivity contribution is -0.384. The monoisotopic (exact) mass is 340 g/mol. The highest BCUT2D eigenvalue weighted by Gasteiger charge is 2.03.